The van der Waals surface area contributed by atoms with Gasteiger partial charge in [-0.3, -0.25) is 9.78 Å². The van der Waals surface area contributed by atoms with E-state index in [1.807, 2.05) is 25.7 Å². The molecule has 1 saturated heterocycles. The number of carbonyl (C=O) groups excluding carboxylic acids is 1. The lowest BCUT2D eigenvalue weighted by Crippen LogP contribution is -2.46. The van der Waals surface area contributed by atoms with Crippen molar-refractivity contribution in [2.45, 2.75) is 58.6 Å². The fourth-order valence-electron chi connectivity index (χ4n) is 3.85. The van der Waals surface area contributed by atoms with Gasteiger partial charge in [-0.25, -0.2) is 0 Å². The molecule has 0 saturated carbocycles. The fraction of sp³-hybridized carbons (Fsp3) is 0.478. The van der Waals surface area contributed by atoms with E-state index >= 15 is 0 Å². The summed E-state index contributed by atoms with van der Waals surface area (Å²) in [6.07, 6.45) is 2.83. The van der Waals surface area contributed by atoms with Crippen molar-refractivity contribution in [2.24, 2.45) is 0 Å². The molecule has 1 fully saturated rings. The van der Waals surface area contributed by atoms with E-state index in [-0.39, 0.29) is 11.9 Å². The van der Waals surface area contributed by atoms with Crippen LogP contribution in [0.4, 0.5) is 0 Å². The molecule has 1 aliphatic rings. The number of likely N-dealkylation sites (tertiary alicyclic amines) is 1. The molecule has 2 heterocycles. The van der Waals surface area contributed by atoms with Crippen molar-refractivity contribution in [3.05, 3.63) is 64.5 Å². The van der Waals surface area contributed by atoms with Crippen LogP contribution in [0.15, 0.2) is 36.4 Å². The summed E-state index contributed by atoms with van der Waals surface area (Å²) in [6, 6.07) is 13.0. The number of benzene rings is 1. The van der Waals surface area contributed by atoms with Crippen LogP contribution in [0.1, 0.15) is 60.8 Å². The minimum atomic E-state index is -0.809. The normalized spacial score (nSPS) is 17.4. The van der Waals surface area contributed by atoms with Crippen LogP contribution in [0.2, 0.25) is 0 Å². The van der Waals surface area contributed by atoms with Gasteiger partial charge < -0.3 is 9.64 Å². The Kier molecular flexibility index (Phi) is 5.66. The van der Waals surface area contributed by atoms with E-state index in [1.54, 1.807) is 7.11 Å². The molecule has 4 nitrogen and oxygen atoms in total. The number of amides is 1. The van der Waals surface area contributed by atoms with Gasteiger partial charge in [0.15, 0.2) is 0 Å². The predicted octanol–water partition coefficient (Wildman–Crippen LogP) is 4.38. The fourth-order valence-corrected chi connectivity index (χ4v) is 3.85. The third kappa shape index (κ3) is 4.38. The Hall–Kier alpha value is -2.20. The first-order valence-electron chi connectivity index (χ1n) is 9.69. The summed E-state index contributed by atoms with van der Waals surface area (Å²) in [5.41, 5.74) is 5.00. The van der Waals surface area contributed by atoms with Gasteiger partial charge in [-0.05, 0) is 70.2 Å². The monoisotopic (exact) mass is 366 g/mol. The highest BCUT2D eigenvalue weighted by atomic mass is 16.5. The maximum absolute atomic E-state index is 13.0. The van der Waals surface area contributed by atoms with Crippen LogP contribution in [-0.4, -0.2) is 35.0 Å². The van der Waals surface area contributed by atoms with Crippen LogP contribution < -0.4 is 0 Å². The van der Waals surface area contributed by atoms with Gasteiger partial charge in [0.25, 0.3) is 5.91 Å². The van der Waals surface area contributed by atoms with Crippen LogP contribution in [0.5, 0.6) is 0 Å². The summed E-state index contributed by atoms with van der Waals surface area (Å²) in [4.78, 5) is 19.7. The Morgan fingerprint density at radius 2 is 2.00 bits per heavy atom. The first-order valence-corrected chi connectivity index (χ1v) is 9.69. The van der Waals surface area contributed by atoms with Crippen molar-refractivity contribution < 1.29 is 9.53 Å². The second kappa shape index (κ2) is 7.81. The largest absolute Gasteiger partial charge is 0.369 e. The minimum Gasteiger partial charge on any atom is -0.369 e. The van der Waals surface area contributed by atoms with Crippen molar-refractivity contribution in [3.63, 3.8) is 0 Å². The molecular formula is C23H30N2O2. The Labute approximate surface area is 162 Å². The van der Waals surface area contributed by atoms with Crippen LogP contribution in [-0.2, 0) is 16.0 Å². The average Bonchev–Trinajstić information content (AvgIpc) is 3.10. The zero-order chi connectivity index (χ0) is 19.6. The third-order valence-electron chi connectivity index (χ3n) is 5.40. The highest BCUT2D eigenvalue weighted by Gasteiger charge is 2.39. The molecule has 1 aromatic carbocycles. The van der Waals surface area contributed by atoms with Crippen molar-refractivity contribution in [1.82, 2.24) is 9.88 Å². The molecule has 144 valence electrons. The van der Waals surface area contributed by atoms with Crippen LogP contribution in [0, 0.1) is 13.8 Å². The number of aromatic nitrogens is 1. The van der Waals surface area contributed by atoms with E-state index in [0.717, 1.165) is 37.2 Å². The standard InChI is InChI=1S/C23H30N2O2/c1-16-8-6-9-18(12-16)14-19-13-17(2)24-20(15-19)21-10-7-11-25(21)22(26)23(3,4)27-5/h6,8-9,12-13,15,21H,7,10-11,14H2,1-5H3. The lowest BCUT2D eigenvalue weighted by molar-refractivity contribution is -0.152. The van der Waals surface area contributed by atoms with Gasteiger partial charge in [0.2, 0.25) is 0 Å². The van der Waals surface area contributed by atoms with Crippen molar-refractivity contribution >= 4 is 5.91 Å². The topological polar surface area (TPSA) is 42.4 Å². The zero-order valence-electron chi connectivity index (χ0n) is 17.1. The van der Waals surface area contributed by atoms with E-state index in [0.29, 0.717) is 0 Å². The smallest absolute Gasteiger partial charge is 0.254 e. The SMILES string of the molecule is COC(C)(C)C(=O)N1CCCC1c1cc(Cc2cccc(C)c2)cc(C)n1. The number of methoxy groups -OCH3 is 1. The molecule has 0 aliphatic carbocycles. The van der Waals surface area contributed by atoms with Crippen molar-refractivity contribution in [3.8, 4) is 0 Å². The van der Waals surface area contributed by atoms with Gasteiger partial charge in [0.05, 0.1) is 11.7 Å². The maximum atomic E-state index is 13.0. The predicted molar refractivity (Wildman–Crippen MR) is 108 cm³/mol. The second-order valence-electron chi connectivity index (χ2n) is 8.08. The molecule has 0 radical (unpaired) electrons. The highest BCUT2D eigenvalue weighted by molar-refractivity contribution is 5.85. The molecule has 2 aromatic rings. The van der Waals surface area contributed by atoms with E-state index in [4.69, 9.17) is 9.72 Å². The second-order valence-corrected chi connectivity index (χ2v) is 8.08. The van der Waals surface area contributed by atoms with E-state index in [1.165, 1.54) is 16.7 Å². The number of nitrogens with zero attached hydrogens (tertiary/aromatic N) is 2. The summed E-state index contributed by atoms with van der Waals surface area (Å²) in [5.74, 6) is 0.0380. The highest BCUT2D eigenvalue weighted by Crippen LogP contribution is 2.34. The first-order chi connectivity index (χ1) is 12.8. The quantitative estimate of drug-likeness (QED) is 0.789. The summed E-state index contributed by atoms with van der Waals surface area (Å²) >= 11 is 0. The third-order valence-corrected chi connectivity index (χ3v) is 5.40. The number of rotatable bonds is 5. The van der Waals surface area contributed by atoms with E-state index in [9.17, 15) is 4.79 Å². The van der Waals surface area contributed by atoms with Gasteiger partial charge in [-0.2, -0.15) is 0 Å². The van der Waals surface area contributed by atoms with Gasteiger partial charge in [-0.1, -0.05) is 29.8 Å². The lowest BCUT2D eigenvalue weighted by Gasteiger charge is -2.32. The average molecular weight is 367 g/mol. The molecule has 1 amide bonds. The number of aryl methyl sites for hydroxylation is 2. The molecule has 1 atom stereocenters. The van der Waals surface area contributed by atoms with Gasteiger partial charge >= 0.3 is 0 Å². The molecule has 27 heavy (non-hydrogen) atoms. The van der Waals surface area contributed by atoms with Crippen LogP contribution >= 0.6 is 0 Å². The van der Waals surface area contributed by atoms with Gasteiger partial charge in [0, 0.05) is 19.3 Å². The van der Waals surface area contributed by atoms with Crippen molar-refractivity contribution in [2.75, 3.05) is 13.7 Å². The van der Waals surface area contributed by atoms with Crippen molar-refractivity contribution in [1.29, 1.82) is 0 Å². The number of ether oxygens (including phenoxy) is 1. The first kappa shape index (κ1) is 19.6. The van der Waals surface area contributed by atoms with Crippen LogP contribution in [0.25, 0.3) is 0 Å². The summed E-state index contributed by atoms with van der Waals surface area (Å²) in [6.45, 7) is 8.57. The molecule has 0 bridgehead atoms. The Morgan fingerprint density at radius 3 is 2.70 bits per heavy atom. The number of pyridine rings is 1. The minimum absolute atomic E-state index is 0.0306. The Balaban J connectivity index is 1.88. The summed E-state index contributed by atoms with van der Waals surface area (Å²) in [5, 5.41) is 0. The maximum Gasteiger partial charge on any atom is 0.254 e. The molecule has 3 rings (SSSR count). The Bertz CT molecular complexity index is 829. The van der Waals surface area contributed by atoms with E-state index in [2.05, 4.69) is 43.3 Å². The van der Waals surface area contributed by atoms with E-state index < -0.39 is 5.60 Å². The molecule has 1 unspecified atom stereocenters. The van der Waals surface area contributed by atoms with Gasteiger partial charge in [0.1, 0.15) is 5.60 Å². The molecule has 4 heteroatoms. The molecule has 1 aliphatic heterocycles. The molecule has 0 spiro atoms. The van der Waals surface area contributed by atoms with Gasteiger partial charge in [-0.15, -0.1) is 0 Å². The Morgan fingerprint density at radius 1 is 1.22 bits per heavy atom. The summed E-state index contributed by atoms with van der Waals surface area (Å²) in [7, 11) is 1.59. The number of hydrogen-bond acceptors (Lipinski definition) is 3. The molecular weight excluding hydrogens is 336 g/mol. The lowest BCUT2D eigenvalue weighted by atomic mass is 10.00. The zero-order valence-corrected chi connectivity index (χ0v) is 17.1. The summed E-state index contributed by atoms with van der Waals surface area (Å²) < 4.78 is 5.42. The van der Waals surface area contributed by atoms with Crippen LogP contribution in [0.3, 0.4) is 0 Å². The number of hydrogen-bond donors (Lipinski definition) is 0. The number of carbonyl (C=O) groups is 1. The molecule has 1 aromatic heterocycles. The molecule has 0 N–H and O–H groups in total.